The van der Waals surface area contributed by atoms with Gasteiger partial charge in [-0.15, -0.1) is 0 Å². The predicted octanol–water partition coefficient (Wildman–Crippen LogP) is 1.83. The minimum absolute atomic E-state index is 0.209. The molecule has 0 spiro atoms. The highest BCUT2D eigenvalue weighted by Crippen LogP contribution is 2.21. The first kappa shape index (κ1) is 18.5. The van der Waals surface area contributed by atoms with Gasteiger partial charge in [0, 0.05) is 24.5 Å². The number of carbonyl (C=O) groups excluding carboxylic acids is 1. The lowest BCUT2D eigenvalue weighted by Gasteiger charge is -2.12. The van der Waals surface area contributed by atoms with Crippen LogP contribution in [0, 0.1) is 0 Å². The van der Waals surface area contributed by atoms with Crippen LogP contribution in [-0.4, -0.2) is 37.8 Å². The van der Waals surface area contributed by atoms with Gasteiger partial charge in [-0.3, -0.25) is 14.6 Å². The summed E-state index contributed by atoms with van der Waals surface area (Å²) in [6.07, 6.45) is 2.04. The summed E-state index contributed by atoms with van der Waals surface area (Å²) in [7, 11) is 0. The zero-order valence-electron chi connectivity index (χ0n) is 15.6. The molecule has 0 aliphatic carbocycles. The Hall–Kier alpha value is -3.88. The van der Waals surface area contributed by atoms with Crippen LogP contribution in [-0.2, 0) is 11.2 Å². The van der Waals surface area contributed by atoms with Gasteiger partial charge in [0.2, 0.25) is 17.6 Å². The first-order chi connectivity index (χ1) is 14.1. The van der Waals surface area contributed by atoms with Gasteiger partial charge in [-0.1, -0.05) is 29.4 Å². The van der Waals surface area contributed by atoms with Gasteiger partial charge in [0.25, 0.3) is 5.56 Å². The van der Waals surface area contributed by atoms with Gasteiger partial charge in [0.15, 0.2) is 0 Å². The van der Waals surface area contributed by atoms with Crippen LogP contribution in [0.4, 0.5) is 0 Å². The molecule has 0 bridgehead atoms. The minimum atomic E-state index is -0.538. The van der Waals surface area contributed by atoms with E-state index in [2.05, 4.69) is 30.6 Å². The van der Waals surface area contributed by atoms with Crippen molar-refractivity contribution in [3.8, 4) is 11.5 Å². The molecule has 9 nitrogen and oxygen atoms in total. The Morgan fingerprint density at radius 1 is 1.17 bits per heavy atom. The third kappa shape index (κ3) is 3.88. The van der Waals surface area contributed by atoms with Crippen molar-refractivity contribution in [3.63, 3.8) is 0 Å². The molecule has 1 atom stereocenters. The number of aromatic nitrogens is 5. The number of benzene rings is 1. The molecule has 1 aromatic carbocycles. The van der Waals surface area contributed by atoms with Crippen LogP contribution in [0.3, 0.4) is 0 Å². The van der Waals surface area contributed by atoms with Gasteiger partial charge in [0.1, 0.15) is 5.69 Å². The molecule has 0 radical (unpaired) electrons. The zero-order chi connectivity index (χ0) is 20.2. The van der Waals surface area contributed by atoms with Crippen LogP contribution in [0.2, 0.25) is 0 Å². The number of H-pyrrole nitrogens is 1. The summed E-state index contributed by atoms with van der Waals surface area (Å²) >= 11 is 0. The third-order valence-electron chi connectivity index (χ3n) is 4.53. The molecule has 3 aromatic heterocycles. The molecule has 1 amide bonds. The standard InChI is InChI=1S/C20H18N6O3/c1-12(17-13-6-2-3-7-14(13)20(28)25-24-17)19(27)22-11-9-16-23-18(26-29-16)15-8-4-5-10-21-15/h2-8,10,12H,9,11H2,1H3,(H,22,27)(H,25,28). The van der Waals surface area contributed by atoms with E-state index in [1.807, 2.05) is 18.2 Å². The maximum Gasteiger partial charge on any atom is 0.272 e. The van der Waals surface area contributed by atoms with E-state index in [0.717, 1.165) is 0 Å². The topological polar surface area (TPSA) is 127 Å². The molecular weight excluding hydrogens is 372 g/mol. The number of pyridine rings is 1. The van der Waals surface area contributed by atoms with E-state index >= 15 is 0 Å². The van der Waals surface area contributed by atoms with Gasteiger partial charge in [-0.25, -0.2) is 5.10 Å². The van der Waals surface area contributed by atoms with Crippen molar-refractivity contribution in [2.24, 2.45) is 0 Å². The maximum atomic E-state index is 12.6. The smallest absolute Gasteiger partial charge is 0.272 e. The molecular formula is C20H18N6O3. The number of rotatable bonds is 6. The fourth-order valence-corrected chi connectivity index (χ4v) is 2.99. The first-order valence-electron chi connectivity index (χ1n) is 9.12. The lowest BCUT2D eigenvalue weighted by atomic mass is 10.0. The fraction of sp³-hybridized carbons (Fsp3) is 0.200. The summed E-state index contributed by atoms with van der Waals surface area (Å²) in [5.74, 6) is 0.0677. The van der Waals surface area contributed by atoms with Crippen molar-refractivity contribution in [1.82, 2.24) is 30.6 Å². The number of aromatic amines is 1. The van der Waals surface area contributed by atoms with Crippen molar-refractivity contribution in [1.29, 1.82) is 0 Å². The second-order valence-electron chi connectivity index (χ2n) is 6.47. The normalized spacial score (nSPS) is 12.0. The second-order valence-corrected chi connectivity index (χ2v) is 6.47. The molecule has 1 unspecified atom stereocenters. The van der Waals surface area contributed by atoms with E-state index in [1.54, 1.807) is 37.4 Å². The molecule has 3 heterocycles. The van der Waals surface area contributed by atoms with Crippen LogP contribution in [0.1, 0.15) is 24.4 Å². The number of fused-ring (bicyclic) bond motifs is 1. The predicted molar refractivity (Wildman–Crippen MR) is 105 cm³/mol. The van der Waals surface area contributed by atoms with Crippen LogP contribution in [0.5, 0.6) is 0 Å². The molecule has 29 heavy (non-hydrogen) atoms. The molecule has 4 rings (SSSR count). The summed E-state index contributed by atoms with van der Waals surface area (Å²) in [6.45, 7) is 2.07. The number of amides is 1. The van der Waals surface area contributed by atoms with E-state index in [1.165, 1.54) is 0 Å². The van der Waals surface area contributed by atoms with Gasteiger partial charge in [-0.2, -0.15) is 10.1 Å². The number of nitrogens with zero attached hydrogens (tertiary/aromatic N) is 4. The number of carbonyl (C=O) groups is 1. The number of hydrogen-bond donors (Lipinski definition) is 2. The van der Waals surface area contributed by atoms with E-state index < -0.39 is 5.92 Å². The van der Waals surface area contributed by atoms with E-state index in [9.17, 15) is 9.59 Å². The summed E-state index contributed by atoms with van der Waals surface area (Å²) in [6, 6.07) is 12.5. The molecule has 0 fully saturated rings. The Labute approximate surface area is 165 Å². The third-order valence-corrected chi connectivity index (χ3v) is 4.53. The zero-order valence-corrected chi connectivity index (χ0v) is 15.6. The van der Waals surface area contributed by atoms with Crippen LogP contribution in [0.25, 0.3) is 22.3 Å². The second kappa shape index (κ2) is 8.01. The van der Waals surface area contributed by atoms with E-state index in [4.69, 9.17) is 4.52 Å². The minimum Gasteiger partial charge on any atom is -0.355 e. The lowest BCUT2D eigenvalue weighted by Crippen LogP contribution is -2.31. The molecule has 0 saturated carbocycles. The summed E-state index contributed by atoms with van der Waals surface area (Å²) in [4.78, 5) is 32.9. The van der Waals surface area contributed by atoms with Crippen molar-refractivity contribution >= 4 is 16.7 Å². The SMILES string of the molecule is CC(C(=O)NCCc1nc(-c2ccccn2)no1)c1n[nH]c(=O)c2ccccc12. The highest BCUT2D eigenvalue weighted by molar-refractivity contribution is 5.90. The van der Waals surface area contributed by atoms with Crippen molar-refractivity contribution in [2.45, 2.75) is 19.3 Å². The monoisotopic (exact) mass is 390 g/mol. The van der Waals surface area contributed by atoms with Gasteiger partial charge in [-0.05, 0) is 25.1 Å². The molecule has 0 saturated heterocycles. The molecule has 9 heteroatoms. The Kier molecular flexibility index (Phi) is 5.10. The average molecular weight is 390 g/mol. The molecule has 0 aliphatic rings. The number of nitrogens with one attached hydrogen (secondary N) is 2. The highest BCUT2D eigenvalue weighted by atomic mass is 16.5. The Bertz CT molecular complexity index is 1200. The Morgan fingerprint density at radius 3 is 2.76 bits per heavy atom. The fourth-order valence-electron chi connectivity index (χ4n) is 2.99. The van der Waals surface area contributed by atoms with E-state index in [0.29, 0.717) is 46.8 Å². The van der Waals surface area contributed by atoms with Crippen LogP contribution in [0.15, 0.2) is 58.0 Å². The summed E-state index contributed by atoms with van der Waals surface area (Å²) in [5, 5.41) is 14.5. The maximum absolute atomic E-state index is 12.6. The molecule has 146 valence electrons. The van der Waals surface area contributed by atoms with Crippen LogP contribution < -0.4 is 10.9 Å². The average Bonchev–Trinajstić information content (AvgIpc) is 3.23. The van der Waals surface area contributed by atoms with E-state index in [-0.39, 0.29) is 11.5 Å². The van der Waals surface area contributed by atoms with Crippen molar-refractivity contribution in [3.05, 3.63) is 70.6 Å². The summed E-state index contributed by atoms with van der Waals surface area (Å²) in [5.41, 5.74) is 0.862. The van der Waals surface area contributed by atoms with Crippen LogP contribution >= 0.6 is 0 Å². The van der Waals surface area contributed by atoms with Gasteiger partial charge < -0.3 is 9.84 Å². The highest BCUT2D eigenvalue weighted by Gasteiger charge is 2.20. The lowest BCUT2D eigenvalue weighted by molar-refractivity contribution is -0.122. The summed E-state index contributed by atoms with van der Waals surface area (Å²) < 4.78 is 5.21. The Balaban J connectivity index is 1.40. The van der Waals surface area contributed by atoms with Crippen molar-refractivity contribution in [2.75, 3.05) is 6.54 Å². The Morgan fingerprint density at radius 2 is 1.97 bits per heavy atom. The molecule has 2 N–H and O–H groups in total. The van der Waals surface area contributed by atoms with Gasteiger partial charge >= 0.3 is 0 Å². The quantitative estimate of drug-likeness (QED) is 0.514. The largest absolute Gasteiger partial charge is 0.355 e. The number of hydrogen-bond acceptors (Lipinski definition) is 7. The molecule has 4 aromatic rings. The molecule has 0 aliphatic heterocycles. The van der Waals surface area contributed by atoms with Crippen molar-refractivity contribution < 1.29 is 9.32 Å². The first-order valence-corrected chi connectivity index (χ1v) is 9.12. The van der Waals surface area contributed by atoms with Gasteiger partial charge in [0.05, 0.1) is 17.0 Å².